The van der Waals surface area contributed by atoms with Crippen LogP contribution in [0.2, 0.25) is 30.7 Å². The number of hydrogen-bond donors (Lipinski definition) is 1. The van der Waals surface area contributed by atoms with Crippen LogP contribution in [0.25, 0.3) is 0 Å². The van der Waals surface area contributed by atoms with Crippen LogP contribution in [-0.2, 0) is 9.53 Å². The van der Waals surface area contributed by atoms with Gasteiger partial charge in [0.1, 0.15) is 0 Å². The molecule has 0 aliphatic carbocycles. The molecule has 0 saturated heterocycles. The van der Waals surface area contributed by atoms with E-state index >= 15 is 0 Å². The predicted octanol–water partition coefficient (Wildman–Crippen LogP) is 4.28. The van der Waals surface area contributed by atoms with Gasteiger partial charge in [0.05, 0.1) is 12.5 Å². The molecule has 0 saturated carbocycles. The summed E-state index contributed by atoms with van der Waals surface area (Å²) < 4.78 is 5.34. The lowest BCUT2D eigenvalue weighted by Gasteiger charge is -2.21. The Morgan fingerprint density at radius 2 is 1.81 bits per heavy atom. The van der Waals surface area contributed by atoms with Gasteiger partial charge in [-0.15, -0.1) is 12.4 Å². The molecule has 1 aromatic rings. The highest BCUT2D eigenvalue weighted by molar-refractivity contribution is 6.76. The standard InChI is InChI=1S/C15H24ClNO2Si.ClH/c1-11(15(18)19-9-10-20(2,3)4)14(17)12-5-7-13(16)8-6-12;/h5-8,11,14H,9-10,17H2,1-4H3;1H/t11-,14-;/m0./s1. The third-order valence-corrected chi connectivity index (χ3v) is 5.22. The van der Waals surface area contributed by atoms with E-state index in [4.69, 9.17) is 22.1 Å². The molecule has 2 atom stereocenters. The van der Waals surface area contributed by atoms with Gasteiger partial charge in [0.15, 0.2) is 0 Å². The maximum absolute atomic E-state index is 12.0. The summed E-state index contributed by atoms with van der Waals surface area (Å²) >= 11 is 5.84. The van der Waals surface area contributed by atoms with E-state index in [2.05, 4.69) is 19.6 Å². The molecule has 21 heavy (non-hydrogen) atoms. The molecule has 3 nitrogen and oxygen atoms in total. The first kappa shape index (κ1) is 20.4. The molecule has 0 spiro atoms. The number of benzene rings is 1. The minimum absolute atomic E-state index is 0. The Morgan fingerprint density at radius 3 is 2.29 bits per heavy atom. The van der Waals surface area contributed by atoms with Crippen LogP contribution in [-0.4, -0.2) is 20.7 Å². The smallest absolute Gasteiger partial charge is 0.310 e. The Balaban J connectivity index is 0.00000400. The highest BCUT2D eigenvalue weighted by atomic mass is 35.5. The molecular formula is C15H25Cl2NO2Si. The quantitative estimate of drug-likeness (QED) is 0.615. The van der Waals surface area contributed by atoms with E-state index in [-0.39, 0.29) is 30.3 Å². The first-order valence-electron chi connectivity index (χ1n) is 6.88. The van der Waals surface area contributed by atoms with Crippen molar-refractivity contribution in [3.8, 4) is 0 Å². The van der Waals surface area contributed by atoms with Gasteiger partial charge in [-0.05, 0) is 23.7 Å². The van der Waals surface area contributed by atoms with E-state index in [1.165, 1.54) is 0 Å². The van der Waals surface area contributed by atoms with Crippen molar-refractivity contribution in [3.63, 3.8) is 0 Å². The highest BCUT2D eigenvalue weighted by Gasteiger charge is 2.24. The van der Waals surface area contributed by atoms with Gasteiger partial charge in [-0.1, -0.05) is 50.3 Å². The van der Waals surface area contributed by atoms with Gasteiger partial charge in [-0.2, -0.15) is 0 Å². The molecule has 0 fully saturated rings. The number of rotatable bonds is 6. The number of hydrogen-bond acceptors (Lipinski definition) is 3. The Labute approximate surface area is 139 Å². The zero-order chi connectivity index (χ0) is 15.3. The van der Waals surface area contributed by atoms with Gasteiger partial charge < -0.3 is 10.5 Å². The van der Waals surface area contributed by atoms with E-state index in [0.29, 0.717) is 11.6 Å². The van der Waals surface area contributed by atoms with Gasteiger partial charge in [0, 0.05) is 19.1 Å². The van der Waals surface area contributed by atoms with Crippen LogP contribution in [0, 0.1) is 5.92 Å². The summed E-state index contributed by atoms with van der Waals surface area (Å²) in [4.78, 5) is 12.0. The highest BCUT2D eigenvalue weighted by Crippen LogP contribution is 2.22. The first-order chi connectivity index (χ1) is 9.20. The van der Waals surface area contributed by atoms with Crippen molar-refractivity contribution < 1.29 is 9.53 Å². The maximum atomic E-state index is 12.0. The van der Waals surface area contributed by atoms with Crippen LogP contribution in [0.5, 0.6) is 0 Å². The van der Waals surface area contributed by atoms with Crippen molar-refractivity contribution in [2.24, 2.45) is 11.7 Å². The molecule has 120 valence electrons. The minimum Gasteiger partial charge on any atom is -0.466 e. The number of nitrogens with two attached hydrogens (primary N) is 1. The van der Waals surface area contributed by atoms with Crippen LogP contribution in [0.1, 0.15) is 18.5 Å². The summed E-state index contributed by atoms with van der Waals surface area (Å²) in [5.74, 6) is -0.594. The molecular weight excluding hydrogens is 325 g/mol. The van der Waals surface area contributed by atoms with Gasteiger partial charge in [0.2, 0.25) is 0 Å². The second kappa shape index (κ2) is 8.78. The molecule has 0 bridgehead atoms. The molecule has 0 unspecified atom stereocenters. The minimum atomic E-state index is -1.18. The summed E-state index contributed by atoms with van der Waals surface area (Å²) in [6.07, 6.45) is 0. The van der Waals surface area contributed by atoms with E-state index in [9.17, 15) is 4.79 Å². The lowest BCUT2D eigenvalue weighted by atomic mass is 9.95. The Hall–Kier alpha value is -0.553. The largest absolute Gasteiger partial charge is 0.466 e. The fraction of sp³-hybridized carbons (Fsp3) is 0.533. The number of carbonyl (C=O) groups excluding carboxylic acids is 1. The molecule has 2 N–H and O–H groups in total. The van der Waals surface area contributed by atoms with Crippen molar-refractivity contribution >= 4 is 38.1 Å². The van der Waals surface area contributed by atoms with Crippen molar-refractivity contribution in [2.45, 2.75) is 38.7 Å². The van der Waals surface area contributed by atoms with Crippen molar-refractivity contribution in [3.05, 3.63) is 34.9 Å². The molecule has 0 aromatic heterocycles. The number of halogens is 2. The Bertz CT molecular complexity index is 446. The molecule has 6 heteroatoms. The fourth-order valence-electron chi connectivity index (χ4n) is 1.71. The lowest BCUT2D eigenvalue weighted by molar-refractivity contribution is -0.148. The summed E-state index contributed by atoms with van der Waals surface area (Å²) in [5, 5.41) is 0.659. The number of ether oxygens (including phenoxy) is 1. The number of esters is 1. The van der Waals surface area contributed by atoms with Crippen LogP contribution in [0.3, 0.4) is 0 Å². The monoisotopic (exact) mass is 349 g/mol. The van der Waals surface area contributed by atoms with Crippen molar-refractivity contribution in [1.29, 1.82) is 0 Å². The second-order valence-corrected chi connectivity index (χ2v) is 12.4. The van der Waals surface area contributed by atoms with Crippen LogP contribution >= 0.6 is 24.0 Å². The zero-order valence-corrected chi connectivity index (χ0v) is 15.6. The zero-order valence-electron chi connectivity index (χ0n) is 13.1. The fourth-order valence-corrected chi connectivity index (χ4v) is 2.55. The Kier molecular flexibility index (Phi) is 8.55. The van der Waals surface area contributed by atoms with Crippen LogP contribution < -0.4 is 5.73 Å². The molecule has 0 amide bonds. The SMILES string of the molecule is C[C@H](C(=O)OCC[Si](C)(C)C)[C@H](N)c1ccc(Cl)cc1.Cl. The Morgan fingerprint density at radius 1 is 1.29 bits per heavy atom. The number of carbonyl (C=O) groups is 1. The topological polar surface area (TPSA) is 52.3 Å². The van der Waals surface area contributed by atoms with E-state index in [1.807, 2.05) is 12.1 Å². The molecule has 0 aliphatic heterocycles. The summed E-state index contributed by atoms with van der Waals surface area (Å²) in [7, 11) is -1.18. The molecule has 1 aromatic carbocycles. The van der Waals surface area contributed by atoms with E-state index in [1.54, 1.807) is 19.1 Å². The van der Waals surface area contributed by atoms with Gasteiger partial charge in [-0.25, -0.2) is 0 Å². The molecule has 0 radical (unpaired) electrons. The first-order valence-corrected chi connectivity index (χ1v) is 11.0. The van der Waals surface area contributed by atoms with Gasteiger partial charge in [-0.3, -0.25) is 4.79 Å². The third-order valence-electron chi connectivity index (χ3n) is 3.26. The van der Waals surface area contributed by atoms with E-state index in [0.717, 1.165) is 11.6 Å². The predicted molar refractivity (Wildman–Crippen MR) is 93.9 cm³/mol. The van der Waals surface area contributed by atoms with Crippen LogP contribution in [0.15, 0.2) is 24.3 Å². The molecule has 0 heterocycles. The summed E-state index contributed by atoms with van der Waals surface area (Å²) in [6, 6.07) is 7.85. The van der Waals surface area contributed by atoms with Gasteiger partial charge in [0.25, 0.3) is 0 Å². The van der Waals surface area contributed by atoms with Crippen molar-refractivity contribution in [1.82, 2.24) is 0 Å². The average Bonchev–Trinajstić information content (AvgIpc) is 2.36. The normalized spacial score (nSPS) is 14.0. The van der Waals surface area contributed by atoms with Crippen LogP contribution in [0.4, 0.5) is 0 Å². The lowest BCUT2D eigenvalue weighted by Crippen LogP contribution is -2.29. The molecule has 0 aliphatic rings. The third kappa shape index (κ3) is 7.32. The van der Waals surface area contributed by atoms with Gasteiger partial charge >= 0.3 is 5.97 Å². The van der Waals surface area contributed by atoms with E-state index < -0.39 is 8.07 Å². The maximum Gasteiger partial charge on any atom is 0.310 e. The van der Waals surface area contributed by atoms with Crippen molar-refractivity contribution in [2.75, 3.05) is 6.61 Å². The second-order valence-electron chi connectivity index (χ2n) is 6.34. The summed E-state index contributed by atoms with van der Waals surface area (Å²) in [5.41, 5.74) is 7.00. The molecule has 1 rings (SSSR count). The summed E-state index contributed by atoms with van der Waals surface area (Å²) in [6.45, 7) is 9.06. The average molecular weight is 350 g/mol.